The largest absolute Gasteiger partial charge is 0.305 e. The second-order valence-corrected chi connectivity index (χ2v) is 9.61. The van der Waals surface area contributed by atoms with E-state index in [0.717, 1.165) is 17.5 Å². The molecule has 0 spiro atoms. The standard InChI is InChI=1S/C24H23FN2O3S/c1-17-11-13-20(14-12-17)26(2)31(29,30)21-9-3-7-19(16-21)24(28)27-15-5-8-18-6-4-10-22(25)23(18)27/h3-4,6-7,9-14,16H,5,8,15H2,1-2H3. The molecule has 0 bridgehead atoms. The van der Waals surface area contributed by atoms with E-state index in [-0.39, 0.29) is 16.1 Å². The number of hydrogen-bond acceptors (Lipinski definition) is 3. The fraction of sp³-hybridized carbons (Fsp3) is 0.208. The van der Waals surface area contributed by atoms with Gasteiger partial charge >= 0.3 is 0 Å². The van der Waals surface area contributed by atoms with Gasteiger partial charge in [0.05, 0.1) is 16.3 Å². The summed E-state index contributed by atoms with van der Waals surface area (Å²) in [5.41, 5.74) is 2.81. The Hall–Kier alpha value is -3.19. The lowest BCUT2D eigenvalue weighted by molar-refractivity contribution is 0.0984. The predicted molar refractivity (Wildman–Crippen MR) is 120 cm³/mol. The Morgan fingerprint density at radius 2 is 1.74 bits per heavy atom. The number of para-hydroxylation sites is 1. The SMILES string of the molecule is Cc1ccc(N(C)S(=O)(=O)c2cccc(C(=O)N3CCCc4cccc(F)c43)c2)cc1. The summed E-state index contributed by atoms with van der Waals surface area (Å²) in [6.07, 6.45) is 1.42. The van der Waals surface area contributed by atoms with E-state index in [2.05, 4.69) is 0 Å². The van der Waals surface area contributed by atoms with Gasteiger partial charge in [0.1, 0.15) is 5.82 Å². The van der Waals surface area contributed by atoms with E-state index in [9.17, 15) is 17.6 Å². The molecular formula is C24H23FN2O3S. The first-order valence-electron chi connectivity index (χ1n) is 10.0. The van der Waals surface area contributed by atoms with Crippen molar-refractivity contribution in [2.24, 2.45) is 0 Å². The molecule has 0 saturated carbocycles. The van der Waals surface area contributed by atoms with E-state index in [1.165, 1.54) is 40.5 Å². The molecule has 1 aliphatic rings. The van der Waals surface area contributed by atoms with Crippen LogP contribution in [-0.2, 0) is 16.4 Å². The van der Waals surface area contributed by atoms with E-state index in [1.54, 1.807) is 24.3 Å². The van der Waals surface area contributed by atoms with E-state index >= 15 is 0 Å². The lowest BCUT2D eigenvalue weighted by Crippen LogP contribution is -2.36. The number of anilines is 2. The van der Waals surface area contributed by atoms with Crippen LogP contribution in [0.15, 0.2) is 71.6 Å². The number of carbonyl (C=O) groups is 1. The zero-order valence-corrected chi connectivity index (χ0v) is 18.2. The summed E-state index contributed by atoms with van der Waals surface area (Å²) < 4.78 is 42.0. The van der Waals surface area contributed by atoms with E-state index < -0.39 is 21.7 Å². The zero-order chi connectivity index (χ0) is 22.2. The molecule has 0 saturated heterocycles. The molecule has 4 rings (SSSR count). The van der Waals surface area contributed by atoms with Gasteiger partial charge in [-0.05, 0) is 61.7 Å². The quantitative estimate of drug-likeness (QED) is 0.600. The molecule has 0 unspecified atom stereocenters. The lowest BCUT2D eigenvalue weighted by Gasteiger charge is -2.30. The molecule has 0 aromatic heterocycles. The molecule has 1 heterocycles. The second kappa shape index (κ2) is 8.15. The molecule has 5 nitrogen and oxygen atoms in total. The Labute approximate surface area is 181 Å². The van der Waals surface area contributed by atoms with Crippen molar-refractivity contribution >= 4 is 27.3 Å². The fourth-order valence-corrected chi connectivity index (χ4v) is 5.05. The van der Waals surface area contributed by atoms with Crippen LogP contribution in [0.25, 0.3) is 0 Å². The van der Waals surface area contributed by atoms with Gasteiger partial charge in [0, 0.05) is 19.2 Å². The molecule has 7 heteroatoms. The van der Waals surface area contributed by atoms with Gasteiger partial charge in [-0.2, -0.15) is 0 Å². The van der Waals surface area contributed by atoms with Crippen molar-refractivity contribution in [3.8, 4) is 0 Å². The highest BCUT2D eigenvalue weighted by Crippen LogP contribution is 2.31. The van der Waals surface area contributed by atoms with Crippen LogP contribution in [0.3, 0.4) is 0 Å². The van der Waals surface area contributed by atoms with Gasteiger partial charge in [-0.1, -0.05) is 35.9 Å². The average Bonchev–Trinajstić information content (AvgIpc) is 2.78. The summed E-state index contributed by atoms with van der Waals surface area (Å²) in [4.78, 5) is 14.6. The molecule has 1 aliphatic heterocycles. The topological polar surface area (TPSA) is 57.7 Å². The summed E-state index contributed by atoms with van der Waals surface area (Å²) in [6, 6.07) is 17.8. The Kier molecular flexibility index (Phi) is 5.54. The molecule has 3 aromatic rings. The van der Waals surface area contributed by atoms with Crippen molar-refractivity contribution in [3.05, 3.63) is 89.2 Å². The van der Waals surface area contributed by atoms with Gasteiger partial charge in [-0.15, -0.1) is 0 Å². The first kappa shape index (κ1) is 21.1. The predicted octanol–water partition coefficient (Wildman–Crippen LogP) is 4.55. The molecule has 0 aliphatic carbocycles. The van der Waals surface area contributed by atoms with Crippen molar-refractivity contribution in [2.75, 3.05) is 22.8 Å². The molecule has 0 atom stereocenters. The molecule has 0 N–H and O–H groups in total. The highest BCUT2D eigenvalue weighted by atomic mass is 32.2. The van der Waals surface area contributed by atoms with Gasteiger partial charge in [-0.25, -0.2) is 12.8 Å². The summed E-state index contributed by atoms with van der Waals surface area (Å²) in [6.45, 7) is 2.31. The summed E-state index contributed by atoms with van der Waals surface area (Å²) in [5, 5.41) is 0. The van der Waals surface area contributed by atoms with Crippen LogP contribution in [0.1, 0.15) is 27.9 Å². The highest BCUT2D eigenvalue weighted by molar-refractivity contribution is 7.92. The second-order valence-electron chi connectivity index (χ2n) is 7.64. The monoisotopic (exact) mass is 438 g/mol. The van der Waals surface area contributed by atoms with Crippen molar-refractivity contribution in [1.29, 1.82) is 0 Å². The van der Waals surface area contributed by atoms with Crippen molar-refractivity contribution < 1.29 is 17.6 Å². The Bertz CT molecular complexity index is 1240. The van der Waals surface area contributed by atoms with Gasteiger partial charge in [-0.3, -0.25) is 9.10 Å². The number of halogens is 1. The average molecular weight is 439 g/mol. The van der Waals surface area contributed by atoms with Crippen LogP contribution in [-0.4, -0.2) is 27.9 Å². The molecule has 1 amide bonds. The molecule has 160 valence electrons. The van der Waals surface area contributed by atoms with Crippen LogP contribution < -0.4 is 9.21 Å². The third kappa shape index (κ3) is 3.93. The summed E-state index contributed by atoms with van der Waals surface area (Å²) in [7, 11) is -2.39. The Balaban J connectivity index is 1.68. The number of benzene rings is 3. The number of amides is 1. The number of sulfonamides is 1. The lowest BCUT2D eigenvalue weighted by atomic mass is 10.0. The first-order valence-corrected chi connectivity index (χ1v) is 11.5. The van der Waals surface area contributed by atoms with Gasteiger partial charge in [0.15, 0.2) is 0 Å². The summed E-state index contributed by atoms with van der Waals surface area (Å²) in [5.74, 6) is -0.866. The number of nitrogens with zero attached hydrogens (tertiary/aromatic N) is 2. The number of hydrogen-bond donors (Lipinski definition) is 0. The van der Waals surface area contributed by atoms with E-state index in [4.69, 9.17) is 0 Å². The van der Waals surface area contributed by atoms with E-state index in [1.807, 2.05) is 25.1 Å². The van der Waals surface area contributed by atoms with Crippen LogP contribution in [0.5, 0.6) is 0 Å². The smallest absolute Gasteiger partial charge is 0.264 e. The molecule has 0 fully saturated rings. The van der Waals surface area contributed by atoms with Crippen molar-refractivity contribution in [1.82, 2.24) is 0 Å². The van der Waals surface area contributed by atoms with Crippen LogP contribution >= 0.6 is 0 Å². The number of carbonyl (C=O) groups excluding carboxylic acids is 1. The van der Waals surface area contributed by atoms with Gasteiger partial charge < -0.3 is 4.90 Å². The fourth-order valence-electron chi connectivity index (χ4n) is 3.80. The van der Waals surface area contributed by atoms with Crippen LogP contribution in [0.4, 0.5) is 15.8 Å². The summed E-state index contributed by atoms with van der Waals surface area (Å²) >= 11 is 0. The van der Waals surface area contributed by atoms with Crippen LogP contribution in [0, 0.1) is 12.7 Å². The van der Waals surface area contributed by atoms with Gasteiger partial charge in [0.25, 0.3) is 15.9 Å². The van der Waals surface area contributed by atoms with Crippen molar-refractivity contribution in [3.63, 3.8) is 0 Å². The Morgan fingerprint density at radius 3 is 2.48 bits per heavy atom. The molecule has 31 heavy (non-hydrogen) atoms. The number of rotatable bonds is 4. The minimum absolute atomic E-state index is 0.00666. The Morgan fingerprint density at radius 1 is 1.03 bits per heavy atom. The highest BCUT2D eigenvalue weighted by Gasteiger charge is 2.28. The van der Waals surface area contributed by atoms with Crippen LogP contribution in [0.2, 0.25) is 0 Å². The minimum atomic E-state index is -3.87. The maximum absolute atomic E-state index is 14.5. The zero-order valence-electron chi connectivity index (χ0n) is 17.4. The number of aryl methyl sites for hydroxylation is 2. The molecule has 3 aromatic carbocycles. The van der Waals surface area contributed by atoms with E-state index in [0.29, 0.717) is 18.7 Å². The number of fused-ring (bicyclic) bond motifs is 1. The first-order chi connectivity index (χ1) is 14.8. The maximum Gasteiger partial charge on any atom is 0.264 e. The third-order valence-electron chi connectivity index (χ3n) is 5.55. The minimum Gasteiger partial charge on any atom is -0.305 e. The van der Waals surface area contributed by atoms with Crippen molar-refractivity contribution in [2.45, 2.75) is 24.7 Å². The maximum atomic E-state index is 14.5. The third-order valence-corrected chi connectivity index (χ3v) is 7.33. The molecular weight excluding hydrogens is 415 g/mol. The van der Waals surface area contributed by atoms with Gasteiger partial charge in [0.2, 0.25) is 0 Å². The normalized spacial score (nSPS) is 13.6. The molecule has 0 radical (unpaired) electrons.